The number of sulfone groups is 1. The molecular formula is C58H82N8O17S2Si. The fraction of sp³-hybridized carbons (Fsp3) is 0.534. The predicted octanol–water partition coefficient (Wildman–Crippen LogP) is 4.51. The fourth-order valence-corrected chi connectivity index (χ4v) is 14.8. The van der Waals surface area contributed by atoms with Crippen LogP contribution in [0.2, 0.25) is 6.04 Å². The normalized spacial score (nSPS) is 16.1. The molecule has 6 atom stereocenters. The van der Waals surface area contributed by atoms with Crippen LogP contribution in [0.4, 0.5) is 21.9 Å². The van der Waals surface area contributed by atoms with E-state index in [2.05, 4.69) is 31.9 Å². The quantitative estimate of drug-likeness (QED) is 0.0144. The molecule has 6 amide bonds. The third-order valence-electron chi connectivity index (χ3n) is 14.9. The molecule has 2 aliphatic rings. The predicted molar refractivity (Wildman–Crippen MR) is 321 cm³/mol. The first kappa shape index (κ1) is 69.8. The number of Topliss-reactive ketones (excluding diaryl/α,β-unsaturated/α-hetero) is 2. The van der Waals surface area contributed by atoms with Gasteiger partial charge in [0.1, 0.15) is 17.0 Å². The van der Waals surface area contributed by atoms with Gasteiger partial charge in [0.25, 0.3) is 10.1 Å². The largest absolute Gasteiger partial charge is 0.500 e. The van der Waals surface area contributed by atoms with Gasteiger partial charge in [0.2, 0.25) is 23.6 Å². The maximum absolute atomic E-state index is 14.0. The summed E-state index contributed by atoms with van der Waals surface area (Å²) in [6.07, 6.45) is 0.645. The number of likely N-dealkylation sites (tertiary alicyclic amines) is 1. The standard InChI is InChI=1S/C58H82N8O17S2Si/c1-11-81-86(82-12-2,83-13-3)28-18-24-61-58(75)63-36(9)45(67)29-35(8)54(71)62-37(10)57(74)66-26-17-23-44(66)56(73)65-51(34(6)7)46(68)31-42(33(4)5)55(72)60-25-27-84(76,77)39-20-16-19-38(30-39)64-43-32-47(85(78,79)80)50(59)49-48(43)52(69)40-21-14-15-22-41(40)53(49)70/h14-16,19-22,30,32-37,42,44,51,64H,11-13,17-18,23-29,31,59H2,1-10H3,(H,60,72)(H,62,71)(H,65,73)(H2,61,63,75)(H,78,79,80). The van der Waals surface area contributed by atoms with E-state index in [9.17, 15) is 64.5 Å². The minimum atomic E-state index is -5.04. The van der Waals surface area contributed by atoms with E-state index < -0.39 is 151 Å². The molecule has 0 radical (unpaired) electrons. The Bertz CT molecular complexity index is 3250. The van der Waals surface area contributed by atoms with Crippen molar-refractivity contribution >= 4 is 98.6 Å². The Morgan fingerprint density at radius 1 is 0.721 bits per heavy atom. The summed E-state index contributed by atoms with van der Waals surface area (Å²) in [6, 6.07) is 7.73. The van der Waals surface area contributed by atoms with Crippen LogP contribution in [0.5, 0.6) is 0 Å². The minimum Gasteiger partial charge on any atom is -0.397 e. The van der Waals surface area contributed by atoms with E-state index in [-0.39, 0.29) is 71.9 Å². The smallest absolute Gasteiger partial charge is 0.397 e. The molecule has 1 saturated heterocycles. The van der Waals surface area contributed by atoms with Crippen molar-refractivity contribution in [1.82, 2.24) is 31.5 Å². The summed E-state index contributed by atoms with van der Waals surface area (Å²) >= 11 is 0. The number of nitrogens with zero attached hydrogens (tertiary/aromatic N) is 1. The van der Waals surface area contributed by atoms with Gasteiger partial charge in [0.05, 0.1) is 45.2 Å². The van der Waals surface area contributed by atoms with Gasteiger partial charge in [0, 0.05) is 87.0 Å². The molecule has 25 nitrogen and oxygen atoms in total. The van der Waals surface area contributed by atoms with E-state index in [0.717, 1.165) is 6.07 Å². The fourth-order valence-electron chi connectivity index (χ4n) is 10.3. The number of amides is 6. The van der Waals surface area contributed by atoms with Crippen LogP contribution < -0.4 is 37.6 Å². The van der Waals surface area contributed by atoms with E-state index in [1.165, 1.54) is 74.2 Å². The van der Waals surface area contributed by atoms with Crippen molar-refractivity contribution in [3.8, 4) is 0 Å². The number of ketones is 4. The molecule has 3 aromatic rings. The van der Waals surface area contributed by atoms with Crippen molar-refractivity contribution in [1.29, 1.82) is 0 Å². The average molecular weight is 1260 g/mol. The first-order chi connectivity index (χ1) is 40.4. The third kappa shape index (κ3) is 17.6. The highest BCUT2D eigenvalue weighted by Gasteiger charge is 2.42. The monoisotopic (exact) mass is 1250 g/mol. The lowest BCUT2D eigenvalue weighted by atomic mass is 9.82. The van der Waals surface area contributed by atoms with Crippen LogP contribution in [0.1, 0.15) is 133 Å². The maximum atomic E-state index is 14.0. The van der Waals surface area contributed by atoms with E-state index in [1.807, 2.05) is 20.8 Å². The average Bonchev–Trinajstić information content (AvgIpc) is 0.963. The van der Waals surface area contributed by atoms with Crippen molar-refractivity contribution in [2.24, 2.45) is 23.7 Å². The Balaban J connectivity index is 1.13. The minimum absolute atomic E-state index is 0.0146. The Morgan fingerprint density at radius 3 is 1.92 bits per heavy atom. The Kier molecular flexibility index (Phi) is 24.8. The lowest BCUT2D eigenvalue weighted by Crippen LogP contribution is -2.56. The Labute approximate surface area is 503 Å². The van der Waals surface area contributed by atoms with Crippen LogP contribution in [0.3, 0.4) is 0 Å². The highest BCUT2D eigenvalue weighted by atomic mass is 32.2. The molecule has 1 fully saturated rings. The molecular weight excluding hydrogens is 1170 g/mol. The zero-order valence-electron chi connectivity index (χ0n) is 50.3. The number of urea groups is 1. The highest BCUT2D eigenvalue weighted by molar-refractivity contribution is 7.91. The summed E-state index contributed by atoms with van der Waals surface area (Å²) in [5.74, 6) is -8.08. The molecule has 5 rings (SSSR count). The van der Waals surface area contributed by atoms with E-state index in [0.29, 0.717) is 38.7 Å². The molecule has 0 spiro atoms. The second-order valence-corrected chi connectivity index (χ2v) is 28.2. The summed E-state index contributed by atoms with van der Waals surface area (Å²) in [6.45, 7) is 18.2. The number of benzene rings is 3. The summed E-state index contributed by atoms with van der Waals surface area (Å²) in [7, 11) is -12.1. The highest BCUT2D eigenvalue weighted by Crippen LogP contribution is 2.40. The lowest BCUT2D eigenvalue weighted by molar-refractivity contribution is -0.142. The van der Waals surface area contributed by atoms with Crippen LogP contribution in [-0.2, 0) is 62.0 Å². The first-order valence-corrected chi connectivity index (χ1v) is 33.9. The molecule has 1 heterocycles. The summed E-state index contributed by atoms with van der Waals surface area (Å²) in [5.41, 5.74) is 4.46. The SMILES string of the molecule is CCO[Si](CCCNC(=O)NC(C)C(=O)CC(C)C(=O)NC(C)C(=O)N1CCCC1C(=O)NC(C(=O)CC(C(=O)NCCS(=O)(=O)c1cccc(Nc2cc(S(=O)(=O)O)c(N)c3c2C(=O)c2ccccc2C3=O)c1)C(C)C)C(C)C)(OCC)OCC. The number of rotatable bonds is 32. The number of fused-ring (bicyclic) bond motifs is 2. The van der Waals surface area contributed by atoms with Gasteiger partial charge in [-0.3, -0.25) is 42.9 Å². The third-order valence-corrected chi connectivity index (χ3v) is 20.6. The van der Waals surface area contributed by atoms with Crippen molar-refractivity contribution in [3.63, 3.8) is 0 Å². The van der Waals surface area contributed by atoms with Gasteiger partial charge in [-0.1, -0.05) is 65.0 Å². The van der Waals surface area contributed by atoms with Crippen molar-refractivity contribution < 1.29 is 77.8 Å². The zero-order chi connectivity index (χ0) is 64.0. The van der Waals surface area contributed by atoms with Gasteiger partial charge in [-0.25, -0.2) is 13.2 Å². The van der Waals surface area contributed by atoms with Crippen LogP contribution in [-0.4, -0.2) is 157 Å². The van der Waals surface area contributed by atoms with Gasteiger partial charge in [-0.05, 0) is 90.0 Å². The van der Waals surface area contributed by atoms with Crippen LogP contribution >= 0.6 is 0 Å². The number of nitrogens with one attached hydrogen (secondary N) is 6. The maximum Gasteiger partial charge on any atom is 0.500 e. The molecule has 0 saturated carbocycles. The molecule has 9 N–H and O–H groups in total. The molecule has 1 aliphatic heterocycles. The van der Waals surface area contributed by atoms with Crippen molar-refractivity contribution in [2.75, 3.05) is 56.3 Å². The van der Waals surface area contributed by atoms with Gasteiger partial charge < -0.3 is 55.8 Å². The van der Waals surface area contributed by atoms with Gasteiger partial charge in [0.15, 0.2) is 33.0 Å². The van der Waals surface area contributed by atoms with Crippen molar-refractivity contribution in [2.45, 2.75) is 141 Å². The molecule has 472 valence electrons. The second-order valence-electron chi connectivity index (χ2n) is 22.0. The lowest BCUT2D eigenvalue weighted by Gasteiger charge is -2.30. The van der Waals surface area contributed by atoms with Crippen LogP contribution in [0.15, 0.2) is 64.4 Å². The Hall–Kier alpha value is -6.95. The Morgan fingerprint density at radius 2 is 1.34 bits per heavy atom. The summed E-state index contributed by atoms with van der Waals surface area (Å²) < 4.78 is 79.9. The van der Waals surface area contributed by atoms with Crippen LogP contribution in [0, 0.1) is 23.7 Å². The van der Waals surface area contributed by atoms with E-state index in [1.54, 1.807) is 27.7 Å². The van der Waals surface area contributed by atoms with Gasteiger partial charge in [-0.15, -0.1) is 0 Å². The molecule has 28 heteroatoms. The first-order valence-electron chi connectivity index (χ1n) is 28.8. The number of anilines is 3. The van der Waals surface area contributed by atoms with Gasteiger partial charge in [-0.2, -0.15) is 8.42 Å². The summed E-state index contributed by atoms with van der Waals surface area (Å²) in [5, 5.41) is 16.2. The molecule has 3 aromatic carbocycles. The van der Waals surface area contributed by atoms with Crippen molar-refractivity contribution in [3.05, 3.63) is 76.9 Å². The second kappa shape index (κ2) is 30.6. The number of nitrogens with two attached hydrogens (primary N) is 1. The number of carbonyl (C=O) groups excluding carboxylic acids is 9. The summed E-state index contributed by atoms with van der Waals surface area (Å²) in [4.78, 5) is 122. The molecule has 0 aromatic heterocycles. The number of hydrogen-bond acceptors (Lipinski definition) is 18. The zero-order valence-corrected chi connectivity index (χ0v) is 53.0. The number of carbonyl (C=O) groups is 9. The number of hydrogen-bond donors (Lipinski definition) is 8. The van der Waals surface area contributed by atoms with E-state index in [4.69, 9.17) is 19.0 Å². The van der Waals surface area contributed by atoms with E-state index >= 15 is 0 Å². The molecule has 0 bridgehead atoms. The van der Waals surface area contributed by atoms with Gasteiger partial charge >= 0.3 is 14.8 Å². The molecule has 1 aliphatic carbocycles. The molecule has 86 heavy (non-hydrogen) atoms. The topological polar surface area (TPSA) is 371 Å². The van der Waals surface area contributed by atoms with Crippen LogP contribution in [0.25, 0.3) is 0 Å². The molecule has 6 unspecified atom stereocenters. The number of nitrogen functional groups attached to an aromatic ring is 1.